The van der Waals surface area contributed by atoms with Gasteiger partial charge in [-0.25, -0.2) is 4.98 Å². The fraction of sp³-hybridized carbons (Fsp3) is 0.615. The fourth-order valence-corrected chi connectivity index (χ4v) is 2.41. The first-order chi connectivity index (χ1) is 8.33. The second-order valence-electron chi connectivity index (χ2n) is 4.60. The van der Waals surface area contributed by atoms with Crippen LogP contribution in [0.5, 0.6) is 5.88 Å². The normalized spacial score (nSPS) is 21.4. The van der Waals surface area contributed by atoms with Gasteiger partial charge >= 0.3 is 0 Å². The van der Waals surface area contributed by atoms with Crippen LogP contribution in [0, 0.1) is 5.92 Å². The number of piperidine rings is 1. The zero-order valence-corrected chi connectivity index (χ0v) is 10.3. The zero-order chi connectivity index (χ0) is 12.1. The lowest BCUT2D eigenvalue weighted by atomic mass is 9.99. The van der Waals surface area contributed by atoms with Crippen molar-refractivity contribution in [3.05, 3.63) is 23.9 Å². The van der Waals surface area contributed by atoms with E-state index in [0.29, 0.717) is 18.4 Å². The summed E-state index contributed by atoms with van der Waals surface area (Å²) >= 11 is 0. The minimum Gasteiger partial charge on any atom is -0.481 e. The number of likely N-dealkylation sites (tertiary alicyclic amines) is 1. The molecule has 0 saturated carbocycles. The summed E-state index contributed by atoms with van der Waals surface area (Å²) in [5.74, 6) is 1.13. The molecule has 1 aromatic rings. The maximum Gasteiger partial charge on any atom is 0.217 e. The Morgan fingerprint density at radius 2 is 2.47 bits per heavy atom. The van der Waals surface area contributed by atoms with Crippen LogP contribution in [0.3, 0.4) is 0 Å². The van der Waals surface area contributed by atoms with Gasteiger partial charge in [0.15, 0.2) is 0 Å². The van der Waals surface area contributed by atoms with Crippen molar-refractivity contribution in [2.45, 2.75) is 19.4 Å². The number of aliphatic hydroxyl groups is 1. The molecule has 1 atom stereocenters. The number of ether oxygens (including phenoxy) is 1. The van der Waals surface area contributed by atoms with E-state index < -0.39 is 0 Å². The maximum absolute atomic E-state index is 9.21. The Kier molecular flexibility index (Phi) is 4.34. The average molecular weight is 236 g/mol. The number of aliphatic hydroxyl groups excluding tert-OH is 1. The molecule has 0 bridgehead atoms. The highest BCUT2D eigenvalue weighted by molar-refractivity contribution is 5.25. The van der Waals surface area contributed by atoms with Crippen LogP contribution >= 0.6 is 0 Å². The molecule has 0 amide bonds. The lowest BCUT2D eigenvalue weighted by molar-refractivity contribution is 0.115. The molecule has 4 heteroatoms. The van der Waals surface area contributed by atoms with E-state index >= 15 is 0 Å². The third kappa shape index (κ3) is 3.17. The van der Waals surface area contributed by atoms with E-state index in [2.05, 4.69) is 9.88 Å². The molecule has 1 aliphatic rings. The predicted molar refractivity (Wildman–Crippen MR) is 65.9 cm³/mol. The van der Waals surface area contributed by atoms with E-state index in [4.69, 9.17) is 4.74 Å². The summed E-state index contributed by atoms with van der Waals surface area (Å²) in [5, 5.41) is 9.21. The van der Waals surface area contributed by atoms with Gasteiger partial charge in [0.2, 0.25) is 5.88 Å². The van der Waals surface area contributed by atoms with Crippen molar-refractivity contribution in [2.24, 2.45) is 5.92 Å². The summed E-state index contributed by atoms with van der Waals surface area (Å²) in [4.78, 5) is 6.57. The third-order valence-electron chi connectivity index (χ3n) is 3.30. The van der Waals surface area contributed by atoms with Crippen LogP contribution in [0.1, 0.15) is 18.4 Å². The molecule has 1 unspecified atom stereocenters. The van der Waals surface area contributed by atoms with E-state index in [1.807, 2.05) is 12.1 Å². The lowest BCUT2D eigenvalue weighted by Crippen LogP contribution is -2.36. The van der Waals surface area contributed by atoms with Crippen molar-refractivity contribution in [1.82, 2.24) is 9.88 Å². The first-order valence-corrected chi connectivity index (χ1v) is 6.14. The SMILES string of the molecule is COc1ncccc1CN1CCCC(CO)C1. The molecule has 1 N–H and O–H groups in total. The molecule has 1 saturated heterocycles. The van der Waals surface area contributed by atoms with Gasteiger partial charge in [0, 0.05) is 31.5 Å². The van der Waals surface area contributed by atoms with Crippen LogP contribution in [-0.2, 0) is 6.54 Å². The molecule has 1 fully saturated rings. The number of hydrogen-bond donors (Lipinski definition) is 1. The van der Waals surface area contributed by atoms with Gasteiger partial charge in [-0.2, -0.15) is 0 Å². The number of rotatable bonds is 4. The number of methoxy groups -OCH3 is 1. The molecule has 1 aromatic heterocycles. The third-order valence-corrected chi connectivity index (χ3v) is 3.30. The Bertz CT molecular complexity index is 357. The summed E-state index contributed by atoms with van der Waals surface area (Å²) in [6.45, 7) is 3.21. The van der Waals surface area contributed by atoms with E-state index in [9.17, 15) is 5.11 Å². The minimum atomic E-state index is 0.292. The van der Waals surface area contributed by atoms with Gasteiger partial charge in [0.25, 0.3) is 0 Å². The Labute approximate surface area is 102 Å². The van der Waals surface area contributed by atoms with Gasteiger partial charge in [-0.3, -0.25) is 4.90 Å². The molecule has 1 aliphatic heterocycles. The van der Waals surface area contributed by atoms with E-state index in [1.165, 1.54) is 0 Å². The molecular weight excluding hydrogens is 216 g/mol. The Morgan fingerprint density at radius 3 is 3.24 bits per heavy atom. The van der Waals surface area contributed by atoms with Crippen LogP contribution in [-0.4, -0.2) is 41.8 Å². The molecule has 4 nitrogen and oxygen atoms in total. The smallest absolute Gasteiger partial charge is 0.217 e. The van der Waals surface area contributed by atoms with E-state index in [0.717, 1.165) is 38.0 Å². The highest BCUT2D eigenvalue weighted by Crippen LogP contribution is 2.21. The molecule has 0 radical (unpaired) electrons. The molecule has 2 rings (SSSR count). The maximum atomic E-state index is 9.21. The van der Waals surface area contributed by atoms with Crippen LogP contribution in [0.15, 0.2) is 18.3 Å². The van der Waals surface area contributed by atoms with Crippen LogP contribution in [0.4, 0.5) is 0 Å². The van der Waals surface area contributed by atoms with Crippen molar-refractivity contribution in [1.29, 1.82) is 0 Å². The van der Waals surface area contributed by atoms with Crippen molar-refractivity contribution in [3.63, 3.8) is 0 Å². The fourth-order valence-electron chi connectivity index (χ4n) is 2.41. The monoisotopic (exact) mass is 236 g/mol. The quantitative estimate of drug-likeness (QED) is 0.855. The highest BCUT2D eigenvalue weighted by Gasteiger charge is 2.20. The van der Waals surface area contributed by atoms with Crippen molar-refractivity contribution < 1.29 is 9.84 Å². The molecular formula is C13H20N2O2. The Hall–Kier alpha value is -1.13. The highest BCUT2D eigenvalue weighted by atomic mass is 16.5. The number of hydrogen-bond acceptors (Lipinski definition) is 4. The summed E-state index contributed by atoms with van der Waals surface area (Å²) in [5.41, 5.74) is 1.12. The van der Waals surface area contributed by atoms with Gasteiger partial charge in [-0.1, -0.05) is 6.07 Å². The summed E-state index contributed by atoms with van der Waals surface area (Å²) in [6, 6.07) is 3.99. The van der Waals surface area contributed by atoms with Crippen molar-refractivity contribution in [2.75, 3.05) is 26.8 Å². The second-order valence-corrected chi connectivity index (χ2v) is 4.60. The lowest BCUT2D eigenvalue weighted by Gasteiger charge is -2.31. The zero-order valence-electron chi connectivity index (χ0n) is 10.3. The molecule has 0 spiro atoms. The second kappa shape index (κ2) is 5.98. The molecule has 2 heterocycles. The molecule has 17 heavy (non-hydrogen) atoms. The largest absolute Gasteiger partial charge is 0.481 e. The number of aromatic nitrogens is 1. The van der Waals surface area contributed by atoms with Crippen molar-refractivity contribution in [3.8, 4) is 5.88 Å². The van der Waals surface area contributed by atoms with Gasteiger partial charge in [0.05, 0.1) is 7.11 Å². The van der Waals surface area contributed by atoms with Crippen LogP contribution < -0.4 is 4.74 Å². The molecule has 94 valence electrons. The summed E-state index contributed by atoms with van der Waals surface area (Å²) in [6.07, 6.45) is 4.04. The Balaban J connectivity index is 2.00. The molecule has 0 aliphatic carbocycles. The summed E-state index contributed by atoms with van der Waals surface area (Å²) in [7, 11) is 1.65. The van der Waals surface area contributed by atoms with Crippen LogP contribution in [0.2, 0.25) is 0 Å². The predicted octanol–water partition coefficient (Wildman–Crippen LogP) is 1.29. The summed E-state index contributed by atoms with van der Waals surface area (Å²) < 4.78 is 5.25. The topological polar surface area (TPSA) is 45.6 Å². The number of pyridine rings is 1. The van der Waals surface area contributed by atoms with Crippen molar-refractivity contribution >= 4 is 0 Å². The first-order valence-electron chi connectivity index (χ1n) is 6.14. The average Bonchev–Trinajstić information content (AvgIpc) is 2.39. The number of nitrogens with zero attached hydrogens (tertiary/aromatic N) is 2. The molecule has 0 aromatic carbocycles. The first kappa shape index (κ1) is 12.3. The van der Waals surface area contributed by atoms with Gasteiger partial charge in [-0.05, 0) is 31.4 Å². The van der Waals surface area contributed by atoms with Crippen LogP contribution in [0.25, 0.3) is 0 Å². The Morgan fingerprint density at radius 1 is 1.59 bits per heavy atom. The van der Waals surface area contributed by atoms with E-state index in [1.54, 1.807) is 13.3 Å². The minimum absolute atomic E-state index is 0.292. The van der Waals surface area contributed by atoms with Gasteiger partial charge < -0.3 is 9.84 Å². The standard InChI is InChI=1S/C13H20N2O2/c1-17-13-12(5-2-6-14-13)9-15-7-3-4-11(8-15)10-16/h2,5-6,11,16H,3-4,7-10H2,1H3. The van der Waals surface area contributed by atoms with Gasteiger partial charge in [-0.15, -0.1) is 0 Å². The van der Waals surface area contributed by atoms with E-state index in [-0.39, 0.29) is 0 Å². The van der Waals surface area contributed by atoms with Gasteiger partial charge in [0.1, 0.15) is 0 Å².